The molecule has 3 nitrogen and oxygen atoms in total. The van der Waals surface area contributed by atoms with Crippen molar-refractivity contribution in [2.75, 3.05) is 7.11 Å². The highest BCUT2D eigenvalue weighted by Crippen LogP contribution is 2.35. The van der Waals surface area contributed by atoms with Crippen molar-refractivity contribution in [3.63, 3.8) is 0 Å². The summed E-state index contributed by atoms with van der Waals surface area (Å²) in [5, 5.41) is 0. The summed E-state index contributed by atoms with van der Waals surface area (Å²) >= 11 is 0. The summed E-state index contributed by atoms with van der Waals surface area (Å²) in [4.78, 5) is 4.80. The zero-order valence-electron chi connectivity index (χ0n) is 14.9. The van der Waals surface area contributed by atoms with Crippen LogP contribution in [0.15, 0.2) is 71.0 Å². The van der Waals surface area contributed by atoms with E-state index in [1.54, 1.807) is 7.11 Å². The third-order valence-electron chi connectivity index (χ3n) is 5.00. The Balaban J connectivity index is 2.01. The minimum absolute atomic E-state index is 0.767. The van der Waals surface area contributed by atoms with E-state index in [4.69, 9.17) is 9.73 Å². The normalized spacial score (nSPS) is 20.2. The molecular formula is C21H25N2O+. The lowest BCUT2D eigenvalue weighted by Crippen LogP contribution is -2.46. The van der Waals surface area contributed by atoms with Gasteiger partial charge in [0.1, 0.15) is 24.5 Å². The highest BCUT2D eigenvalue weighted by molar-refractivity contribution is 5.77. The Morgan fingerprint density at radius 2 is 1.54 bits per heavy atom. The van der Waals surface area contributed by atoms with Crippen LogP contribution in [-0.4, -0.2) is 17.4 Å². The molecule has 0 fully saturated rings. The summed E-state index contributed by atoms with van der Waals surface area (Å²) in [7, 11) is 1.71. The molecule has 2 aromatic rings. The molecule has 0 amide bonds. The lowest BCUT2D eigenvalue weighted by atomic mass is 10.1. The summed E-state index contributed by atoms with van der Waals surface area (Å²) in [6.07, 6.45) is 0. The first-order valence-electron chi connectivity index (χ1n) is 8.33. The number of aliphatic imine (C=N–C) groups is 1. The van der Waals surface area contributed by atoms with Crippen LogP contribution in [0, 0.1) is 0 Å². The highest BCUT2D eigenvalue weighted by atomic mass is 16.5. The first-order valence-corrected chi connectivity index (χ1v) is 8.33. The van der Waals surface area contributed by atoms with Gasteiger partial charge >= 0.3 is 0 Å². The van der Waals surface area contributed by atoms with Crippen LogP contribution >= 0.6 is 0 Å². The number of amidine groups is 1. The molecule has 0 bridgehead atoms. The number of quaternary nitrogens is 1. The average Bonchev–Trinajstić information content (AvgIpc) is 2.80. The number of ether oxygens (including phenoxy) is 1. The van der Waals surface area contributed by atoms with Crippen molar-refractivity contribution >= 4 is 5.84 Å². The van der Waals surface area contributed by atoms with Crippen molar-refractivity contribution in [2.24, 2.45) is 4.99 Å². The van der Waals surface area contributed by atoms with Crippen LogP contribution in [0.3, 0.4) is 0 Å². The first kappa shape index (κ1) is 16.5. The van der Waals surface area contributed by atoms with Gasteiger partial charge in [0.2, 0.25) is 5.84 Å². The molecule has 0 saturated carbocycles. The molecule has 1 unspecified atom stereocenters. The van der Waals surface area contributed by atoms with E-state index < -0.39 is 0 Å². The number of hydrogen-bond acceptors (Lipinski definition) is 2. The van der Waals surface area contributed by atoms with Gasteiger partial charge in [-0.25, -0.2) is 4.48 Å². The molecule has 0 aromatic heterocycles. The molecule has 124 valence electrons. The fourth-order valence-corrected chi connectivity index (χ4v) is 3.47. The molecule has 1 heterocycles. The van der Waals surface area contributed by atoms with Crippen molar-refractivity contribution in [1.82, 2.24) is 0 Å². The second-order valence-electron chi connectivity index (χ2n) is 6.45. The quantitative estimate of drug-likeness (QED) is 0.718. The van der Waals surface area contributed by atoms with Crippen LogP contribution in [0.4, 0.5) is 0 Å². The molecule has 3 rings (SSSR count). The number of methoxy groups -OCH3 is 1. The topological polar surface area (TPSA) is 21.6 Å². The number of benzene rings is 2. The van der Waals surface area contributed by atoms with Crippen LogP contribution in [0.5, 0.6) is 5.75 Å². The van der Waals surface area contributed by atoms with E-state index in [9.17, 15) is 0 Å². The summed E-state index contributed by atoms with van der Waals surface area (Å²) in [6.45, 7) is 8.25. The van der Waals surface area contributed by atoms with Gasteiger partial charge in [-0.1, -0.05) is 42.5 Å². The molecule has 2 aromatic carbocycles. The number of rotatable bonds is 5. The SMILES string of the molecule is COc1cccc(C[N+]2(Cc3ccccc3)C(C)=NC(C)=C2C)c1. The Kier molecular flexibility index (Phi) is 4.54. The van der Waals surface area contributed by atoms with E-state index in [2.05, 4.69) is 69.3 Å². The van der Waals surface area contributed by atoms with Gasteiger partial charge < -0.3 is 4.74 Å². The predicted octanol–water partition coefficient (Wildman–Crippen LogP) is 4.90. The Bertz CT molecular complexity index is 792. The van der Waals surface area contributed by atoms with Gasteiger partial charge in [-0.2, -0.15) is 4.99 Å². The largest absolute Gasteiger partial charge is 0.497 e. The molecule has 0 aliphatic carbocycles. The lowest BCUT2D eigenvalue weighted by Gasteiger charge is -2.35. The maximum atomic E-state index is 5.40. The van der Waals surface area contributed by atoms with E-state index in [-0.39, 0.29) is 0 Å². The summed E-state index contributed by atoms with van der Waals surface area (Å²) in [5.41, 5.74) is 5.03. The summed E-state index contributed by atoms with van der Waals surface area (Å²) < 4.78 is 6.16. The van der Waals surface area contributed by atoms with Gasteiger partial charge in [-0.3, -0.25) is 0 Å². The smallest absolute Gasteiger partial charge is 0.205 e. The van der Waals surface area contributed by atoms with E-state index in [1.165, 1.54) is 16.8 Å². The fraction of sp³-hybridized carbons (Fsp3) is 0.286. The minimum Gasteiger partial charge on any atom is -0.497 e. The maximum Gasteiger partial charge on any atom is 0.205 e. The third-order valence-corrected chi connectivity index (χ3v) is 5.00. The van der Waals surface area contributed by atoms with E-state index in [0.29, 0.717) is 0 Å². The van der Waals surface area contributed by atoms with Crippen molar-refractivity contribution in [1.29, 1.82) is 0 Å². The van der Waals surface area contributed by atoms with Gasteiger partial charge in [-0.15, -0.1) is 0 Å². The minimum atomic E-state index is 0.767. The van der Waals surface area contributed by atoms with Gasteiger partial charge in [0.25, 0.3) is 0 Å². The predicted molar refractivity (Wildman–Crippen MR) is 98.6 cm³/mol. The zero-order chi connectivity index (χ0) is 17.2. The lowest BCUT2D eigenvalue weighted by molar-refractivity contribution is -0.829. The van der Waals surface area contributed by atoms with Crippen molar-refractivity contribution in [3.8, 4) is 5.75 Å². The Labute approximate surface area is 144 Å². The van der Waals surface area contributed by atoms with Crippen molar-refractivity contribution in [2.45, 2.75) is 33.9 Å². The highest BCUT2D eigenvalue weighted by Gasteiger charge is 2.40. The van der Waals surface area contributed by atoms with Gasteiger partial charge in [0, 0.05) is 25.0 Å². The standard InChI is InChI=1S/C21H25N2O/c1-16-17(2)23(18(3)22-16,14-19-9-6-5-7-10-19)15-20-11-8-12-21(13-20)24-4/h5-13H,14-15H2,1-4H3/q+1. The average molecular weight is 321 g/mol. The second kappa shape index (κ2) is 6.62. The maximum absolute atomic E-state index is 5.40. The molecular weight excluding hydrogens is 296 g/mol. The Hall–Kier alpha value is -2.39. The zero-order valence-corrected chi connectivity index (χ0v) is 14.9. The number of hydrogen-bond donors (Lipinski definition) is 0. The molecule has 0 saturated heterocycles. The molecule has 24 heavy (non-hydrogen) atoms. The monoisotopic (exact) mass is 321 g/mol. The molecule has 0 N–H and O–H groups in total. The van der Waals surface area contributed by atoms with E-state index in [1.807, 2.05) is 6.07 Å². The van der Waals surface area contributed by atoms with Gasteiger partial charge in [0.15, 0.2) is 0 Å². The molecule has 1 aliphatic heterocycles. The third kappa shape index (κ3) is 3.00. The fourth-order valence-electron chi connectivity index (χ4n) is 3.47. The molecule has 1 atom stereocenters. The van der Waals surface area contributed by atoms with Crippen LogP contribution < -0.4 is 4.74 Å². The van der Waals surface area contributed by atoms with Gasteiger partial charge in [0.05, 0.1) is 12.8 Å². The Morgan fingerprint density at radius 3 is 2.17 bits per heavy atom. The van der Waals surface area contributed by atoms with Crippen LogP contribution in [-0.2, 0) is 13.1 Å². The second-order valence-corrected chi connectivity index (χ2v) is 6.45. The van der Waals surface area contributed by atoms with Crippen LogP contribution in [0.25, 0.3) is 0 Å². The van der Waals surface area contributed by atoms with Gasteiger partial charge in [-0.05, 0) is 19.1 Å². The number of nitrogens with zero attached hydrogens (tertiary/aromatic N) is 2. The summed E-state index contributed by atoms with van der Waals surface area (Å²) in [6, 6.07) is 19.0. The van der Waals surface area contributed by atoms with E-state index in [0.717, 1.165) is 34.9 Å². The van der Waals surface area contributed by atoms with Crippen molar-refractivity contribution < 1.29 is 9.22 Å². The molecule has 1 aliphatic rings. The first-order chi connectivity index (χ1) is 11.5. The molecule has 0 radical (unpaired) electrons. The Morgan fingerprint density at radius 1 is 0.875 bits per heavy atom. The van der Waals surface area contributed by atoms with Crippen LogP contribution in [0.2, 0.25) is 0 Å². The molecule has 3 heteroatoms. The summed E-state index contributed by atoms with van der Waals surface area (Å²) in [5.74, 6) is 2.05. The number of allylic oxidation sites excluding steroid dienone is 2. The van der Waals surface area contributed by atoms with Crippen LogP contribution in [0.1, 0.15) is 31.9 Å². The van der Waals surface area contributed by atoms with Crippen molar-refractivity contribution in [3.05, 3.63) is 77.1 Å². The molecule has 0 spiro atoms. The van der Waals surface area contributed by atoms with E-state index >= 15 is 0 Å².